The third-order valence-corrected chi connectivity index (χ3v) is 5.22. The van der Waals surface area contributed by atoms with Crippen molar-refractivity contribution in [2.24, 2.45) is 0 Å². The van der Waals surface area contributed by atoms with Crippen molar-refractivity contribution in [1.29, 1.82) is 0 Å². The van der Waals surface area contributed by atoms with Gasteiger partial charge >= 0.3 is 12.1 Å². The standard InChI is InChI=1S/C23H25N3O6/c1-2-19(22(29)30)26-21(28)12-24-20(27)11-25-23(31)32-13-18-16-9-5-3-7-14(16)15-8-4-6-10-17(15)18/h3-10,18-19H,2,11-13H2,1H3,(H,24,27)(H,25,31)(H,26,28)(H,29,30)/t19-/m0/s1. The molecule has 0 fully saturated rings. The van der Waals surface area contributed by atoms with Crippen LogP contribution in [-0.2, 0) is 19.1 Å². The number of fused-ring (bicyclic) bond motifs is 3. The molecule has 0 aliphatic heterocycles. The second kappa shape index (κ2) is 10.4. The number of carbonyl (C=O) groups is 4. The van der Waals surface area contributed by atoms with Gasteiger partial charge < -0.3 is 25.8 Å². The van der Waals surface area contributed by atoms with Crippen LogP contribution >= 0.6 is 0 Å². The number of rotatable bonds is 9. The molecule has 1 aliphatic rings. The highest BCUT2D eigenvalue weighted by Crippen LogP contribution is 2.44. The minimum atomic E-state index is -1.15. The first-order chi connectivity index (χ1) is 15.4. The number of carboxylic acid groups (broad SMARTS) is 1. The van der Waals surface area contributed by atoms with E-state index in [0.717, 1.165) is 22.3 Å². The molecule has 9 heteroatoms. The predicted octanol–water partition coefficient (Wildman–Crippen LogP) is 1.62. The van der Waals surface area contributed by atoms with Gasteiger partial charge in [0.25, 0.3) is 0 Å². The van der Waals surface area contributed by atoms with Crippen LogP contribution in [0.15, 0.2) is 48.5 Å². The molecule has 2 aromatic rings. The van der Waals surface area contributed by atoms with Crippen LogP contribution in [0.2, 0.25) is 0 Å². The number of benzene rings is 2. The van der Waals surface area contributed by atoms with E-state index in [0.29, 0.717) is 0 Å². The molecule has 1 aliphatic carbocycles. The van der Waals surface area contributed by atoms with E-state index in [1.807, 2.05) is 48.5 Å². The van der Waals surface area contributed by atoms with Crippen molar-refractivity contribution in [3.05, 3.63) is 59.7 Å². The number of ether oxygens (including phenoxy) is 1. The van der Waals surface area contributed by atoms with Crippen molar-refractivity contribution in [3.63, 3.8) is 0 Å². The van der Waals surface area contributed by atoms with Crippen LogP contribution in [0.25, 0.3) is 11.1 Å². The summed E-state index contributed by atoms with van der Waals surface area (Å²) in [7, 11) is 0. The molecule has 0 radical (unpaired) electrons. The number of carboxylic acids is 1. The largest absolute Gasteiger partial charge is 0.480 e. The maximum absolute atomic E-state index is 12.1. The molecular weight excluding hydrogens is 414 g/mol. The van der Waals surface area contributed by atoms with Gasteiger partial charge in [-0.2, -0.15) is 0 Å². The lowest BCUT2D eigenvalue weighted by molar-refractivity contribution is -0.141. The summed E-state index contributed by atoms with van der Waals surface area (Å²) in [5.41, 5.74) is 4.39. The van der Waals surface area contributed by atoms with Crippen LogP contribution < -0.4 is 16.0 Å². The summed E-state index contributed by atoms with van der Waals surface area (Å²) in [5, 5.41) is 15.9. The van der Waals surface area contributed by atoms with Crippen LogP contribution in [0, 0.1) is 0 Å². The average molecular weight is 439 g/mol. The summed E-state index contributed by atoms with van der Waals surface area (Å²) in [6, 6.07) is 14.9. The minimum absolute atomic E-state index is 0.0913. The molecule has 32 heavy (non-hydrogen) atoms. The molecule has 0 spiro atoms. The highest BCUT2D eigenvalue weighted by molar-refractivity contribution is 5.89. The van der Waals surface area contributed by atoms with Crippen LogP contribution in [0.4, 0.5) is 4.79 Å². The van der Waals surface area contributed by atoms with Crippen molar-refractivity contribution >= 4 is 23.9 Å². The quantitative estimate of drug-likeness (QED) is 0.469. The molecule has 168 valence electrons. The lowest BCUT2D eigenvalue weighted by Gasteiger charge is -2.15. The Bertz CT molecular complexity index is 977. The number of hydrogen-bond acceptors (Lipinski definition) is 5. The topological polar surface area (TPSA) is 134 Å². The lowest BCUT2D eigenvalue weighted by Crippen LogP contribution is -2.46. The highest BCUT2D eigenvalue weighted by atomic mass is 16.5. The van der Waals surface area contributed by atoms with Gasteiger partial charge in [0.2, 0.25) is 11.8 Å². The number of alkyl carbamates (subject to hydrolysis) is 1. The smallest absolute Gasteiger partial charge is 0.407 e. The Morgan fingerprint density at radius 2 is 1.47 bits per heavy atom. The van der Waals surface area contributed by atoms with Gasteiger partial charge in [-0.05, 0) is 28.7 Å². The summed E-state index contributed by atoms with van der Waals surface area (Å²) in [4.78, 5) is 46.5. The number of hydrogen-bond donors (Lipinski definition) is 4. The van der Waals surface area contributed by atoms with E-state index >= 15 is 0 Å². The molecule has 1 atom stereocenters. The Kier molecular flexibility index (Phi) is 7.43. The molecule has 2 aromatic carbocycles. The van der Waals surface area contributed by atoms with Crippen molar-refractivity contribution in [2.75, 3.05) is 19.7 Å². The zero-order chi connectivity index (χ0) is 23.1. The Hall–Kier alpha value is -3.88. The third-order valence-electron chi connectivity index (χ3n) is 5.22. The lowest BCUT2D eigenvalue weighted by atomic mass is 9.98. The fourth-order valence-electron chi connectivity index (χ4n) is 3.63. The molecular formula is C23H25N3O6. The molecule has 0 saturated heterocycles. The van der Waals surface area contributed by atoms with Gasteiger partial charge in [0, 0.05) is 5.92 Å². The molecule has 3 rings (SSSR count). The Morgan fingerprint density at radius 1 is 0.906 bits per heavy atom. The average Bonchev–Trinajstić information content (AvgIpc) is 3.12. The van der Waals surface area contributed by atoms with Crippen LogP contribution in [0.3, 0.4) is 0 Å². The maximum Gasteiger partial charge on any atom is 0.407 e. The van der Waals surface area contributed by atoms with E-state index in [1.54, 1.807) is 6.92 Å². The zero-order valence-corrected chi connectivity index (χ0v) is 17.6. The van der Waals surface area contributed by atoms with Crippen molar-refractivity contribution in [1.82, 2.24) is 16.0 Å². The van der Waals surface area contributed by atoms with Gasteiger partial charge in [0.15, 0.2) is 0 Å². The van der Waals surface area contributed by atoms with Gasteiger partial charge in [-0.15, -0.1) is 0 Å². The van der Waals surface area contributed by atoms with E-state index in [-0.39, 0.29) is 25.5 Å². The van der Waals surface area contributed by atoms with Gasteiger partial charge in [-0.1, -0.05) is 55.5 Å². The Balaban J connectivity index is 1.43. The summed E-state index contributed by atoms with van der Waals surface area (Å²) < 4.78 is 5.33. The zero-order valence-electron chi connectivity index (χ0n) is 17.6. The van der Waals surface area contributed by atoms with E-state index in [9.17, 15) is 19.2 Å². The second-order valence-corrected chi connectivity index (χ2v) is 7.32. The van der Waals surface area contributed by atoms with E-state index in [4.69, 9.17) is 9.84 Å². The number of carbonyl (C=O) groups excluding carboxylic acids is 3. The summed E-state index contributed by atoms with van der Waals surface area (Å²) in [6.07, 6.45) is -0.526. The highest BCUT2D eigenvalue weighted by Gasteiger charge is 2.29. The maximum atomic E-state index is 12.1. The molecule has 0 saturated carbocycles. The molecule has 0 aromatic heterocycles. The normalized spacial score (nSPS) is 12.8. The SMILES string of the molecule is CC[C@H](NC(=O)CNC(=O)CNC(=O)OCC1c2ccccc2-c2ccccc21)C(=O)O. The monoisotopic (exact) mass is 439 g/mol. The van der Waals surface area contributed by atoms with E-state index < -0.39 is 36.5 Å². The van der Waals surface area contributed by atoms with Crippen LogP contribution in [-0.4, -0.2) is 54.7 Å². The molecule has 9 nitrogen and oxygen atoms in total. The predicted molar refractivity (Wildman–Crippen MR) is 116 cm³/mol. The van der Waals surface area contributed by atoms with E-state index in [2.05, 4.69) is 16.0 Å². The van der Waals surface area contributed by atoms with E-state index in [1.165, 1.54) is 0 Å². The van der Waals surface area contributed by atoms with Crippen molar-refractivity contribution in [2.45, 2.75) is 25.3 Å². The number of nitrogens with one attached hydrogen (secondary N) is 3. The summed E-state index contributed by atoms with van der Waals surface area (Å²) in [6.45, 7) is 0.975. The van der Waals surface area contributed by atoms with Gasteiger partial charge in [0.1, 0.15) is 19.2 Å². The van der Waals surface area contributed by atoms with Crippen LogP contribution in [0.5, 0.6) is 0 Å². The molecule has 4 N–H and O–H groups in total. The van der Waals surface area contributed by atoms with Crippen LogP contribution in [0.1, 0.15) is 30.4 Å². The Morgan fingerprint density at radius 3 is 2.03 bits per heavy atom. The fourth-order valence-corrected chi connectivity index (χ4v) is 3.63. The summed E-state index contributed by atoms with van der Waals surface area (Å²) in [5.74, 6) is -2.47. The van der Waals surface area contributed by atoms with Gasteiger partial charge in [0.05, 0.1) is 6.54 Å². The van der Waals surface area contributed by atoms with Gasteiger partial charge in [-0.3, -0.25) is 9.59 Å². The first kappa shape index (κ1) is 22.8. The molecule has 0 bridgehead atoms. The third kappa shape index (κ3) is 5.42. The van der Waals surface area contributed by atoms with Crippen molar-refractivity contribution < 1.29 is 29.0 Å². The fraction of sp³-hybridized carbons (Fsp3) is 0.304. The number of amides is 3. The minimum Gasteiger partial charge on any atom is -0.480 e. The second-order valence-electron chi connectivity index (χ2n) is 7.32. The Labute approximate surface area is 185 Å². The molecule has 0 unspecified atom stereocenters. The molecule has 0 heterocycles. The molecule has 3 amide bonds. The first-order valence-corrected chi connectivity index (χ1v) is 10.3. The van der Waals surface area contributed by atoms with Crippen molar-refractivity contribution in [3.8, 4) is 11.1 Å². The number of aliphatic carboxylic acids is 1. The van der Waals surface area contributed by atoms with Gasteiger partial charge in [-0.25, -0.2) is 9.59 Å². The first-order valence-electron chi connectivity index (χ1n) is 10.3. The summed E-state index contributed by atoms with van der Waals surface area (Å²) >= 11 is 0.